The molecule has 1 heterocycles. The highest BCUT2D eigenvalue weighted by atomic mass is 16.1. The summed E-state index contributed by atoms with van der Waals surface area (Å²) in [4.78, 5) is 24.0. The fourth-order valence-electron chi connectivity index (χ4n) is 2.72. The molecule has 0 saturated heterocycles. The minimum atomic E-state index is 0.525. The van der Waals surface area contributed by atoms with E-state index in [-0.39, 0.29) is 0 Å². The molecule has 1 aromatic carbocycles. The van der Waals surface area contributed by atoms with Crippen LogP contribution in [0.1, 0.15) is 41.5 Å². The van der Waals surface area contributed by atoms with Crippen molar-refractivity contribution < 1.29 is 4.79 Å². The average Bonchev–Trinajstić information content (AvgIpc) is 2.64. The topological polar surface area (TPSA) is 49.3 Å². The van der Waals surface area contributed by atoms with Crippen LogP contribution in [-0.2, 0) is 6.42 Å². The normalized spacial score (nSPS) is 10.6. The summed E-state index contributed by atoms with van der Waals surface area (Å²) in [6, 6.07) is 8.72. The van der Waals surface area contributed by atoms with Gasteiger partial charge in [0.15, 0.2) is 6.29 Å². The number of anilines is 2. The molecule has 0 saturated carbocycles. The van der Waals surface area contributed by atoms with Gasteiger partial charge < -0.3 is 9.80 Å². The lowest BCUT2D eigenvalue weighted by molar-refractivity contribution is 0.112. The van der Waals surface area contributed by atoms with Gasteiger partial charge in [0.05, 0.1) is 5.56 Å². The Labute approximate surface area is 150 Å². The van der Waals surface area contributed by atoms with Gasteiger partial charge in [-0.25, -0.2) is 9.97 Å². The van der Waals surface area contributed by atoms with Crippen LogP contribution < -0.4 is 9.80 Å². The van der Waals surface area contributed by atoms with Gasteiger partial charge in [-0.1, -0.05) is 25.5 Å². The Hall–Kier alpha value is -2.43. The number of benzene rings is 1. The summed E-state index contributed by atoms with van der Waals surface area (Å²) in [5.74, 6) is 1.36. The lowest BCUT2D eigenvalue weighted by Gasteiger charge is -2.25. The van der Waals surface area contributed by atoms with Crippen LogP contribution in [0, 0.1) is 6.92 Å². The van der Waals surface area contributed by atoms with Gasteiger partial charge in [0, 0.05) is 39.1 Å². The van der Waals surface area contributed by atoms with Crippen LogP contribution in [0.4, 0.5) is 11.5 Å². The fraction of sp³-hybridized carbons (Fsp3) is 0.450. The van der Waals surface area contributed by atoms with Gasteiger partial charge in [0.1, 0.15) is 11.6 Å². The molecule has 0 bridgehead atoms. The first-order valence-electron chi connectivity index (χ1n) is 8.85. The van der Waals surface area contributed by atoms with Crippen molar-refractivity contribution in [1.82, 2.24) is 9.97 Å². The van der Waals surface area contributed by atoms with Gasteiger partial charge in [-0.05, 0) is 37.5 Å². The van der Waals surface area contributed by atoms with Gasteiger partial charge >= 0.3 is 0 Å². The lowest BCUT2D eigenvalue weighted by atomic mass is 10.1. The number of nitrogens with zero attached hydrogens (tertiary/aromatic N) is 4. The van der Waals surface area contributed by atoms with Crippen molar-refractivity contribution in [2.45, 2.75) is 33.1 Å². The highest BCUT2D eigenvalue weighted by Crippen LogP contribution is 2.18. The molecular formula is C20H28N4O. The molecule has 0 aliphatic heterocycles. The Morgan fingerprint density at radius 3 is 2.64 bits per heavy atom. The van der Waals surface area contributed by atoms with Gasteiger partial charge in [-0.15, -0.1) is 0 Å². The summed E-state index contributed by atoms with van der Waals surface area (Å²) in [5.41, 5.74) is 3.13. The molecule has 2 aromatic rings. The molecule has 0 atom stereocenters. The first-order valence-corrected chi connectivity index (χ1v) is 8.85. The van der Waals surface area contributed by atoms with E-state index in [0.29, 0.717) is 17.2 Å². The standard InChI is InChI=1S/C20H28N4O/c1-5-6-8-17-9-7-10-19(13-17)23(3)11-12-24(4)20-18(15-25)14-21-16(2)22-20/h7,9-10,13-15H,5-6,8,11-12H2,1-4H3. The van der Waals surface area contributed by atoms with Crippen molar-refractivity contribution in [2.75, 3.05) is 37.0 Å². The van der Waals surface area contributed by atoms with E-state index >= 15 is 0 Å². The minimum absolute atomic E-state index is 0.525. The number of aldehydes is 1. The molecule has 5 heteroatoms. The molecule has 2 rings (SSSR count). The number of aryl methyl sites for hydroxylation is 2. The highest BCUT2D eigenvalue weighted by Gasteiger charge is 2.11. The van der Waals surface area contributed by atoms with Crippen LogP contribution in [0.25, 0.3) is 0 Å². The zero-order valence-corrected chi connectivity index (χ0v) is 15.7. The number of carbonyl (C=O) groups excluding carboxylic acids is 1. The highest BCUT2D eigenvalue weighted by molar-refractivity contribution is 5.82. The van der Waals surface area contributed by atoms with Crippen molar-refractivity contribution in [2.24, 2.45) is 0 Å². The maximum atomic E-state index is 11.2. The van der Waals surface area contributed by atoms with E-state index in [1.54, 1.807) is 6.20 Å². The first-order chi connectivity index (χ1) is 12.0. The smallest absolute Gasteiger partial charge is 0.155 e. The average molecular weight is 340 g/mol. The Balaban J connectivity index is 2.01. The van der Waals surface area contributed by atoms with Gasteiger partial charge in [-0.3, -0.25) is 4.79 Å². The number of likely N-dealkylation sites (N-methyl/N-ethyl adjacent to an activating group) is 2. The van der Waals surface area contributed by atoms with Crippen molar-refractivity contribution in [3.05, 3.63) is 47.4 Å². The number of hydrogen-bond donors (Lipinski definition) is 0. The predicted octanol–water partition coefficient (Wildman–Crippen LogP) is 3.51. The van der Waals surface area contributed by atoms with E-state index in [0.717, 1.165) is 25.8 Å². The largest absolute Gasteiger partial charge is 0.373 e. The van der Waals surface area contributed by atoms with E-state index < -0.39 is 0 Å². The fourth-order valence-corrected chi connectivity index (χ4v) is 2.72. The van der Waals surface area contributed by atoms with Gasteiger partial charge in [0.2, 0.25) is 0 Å². The molecule has 0 spiro atoms. The molecule has 0 N–H and O–H groups in total. The summed E-state index contributed by atoms with van der Waals surface area (Å²) in [6.07, 6.45) is 5.95. The van der Waals surface area contributed by atoms with Crippen molar-refractivity contribution in [3.8, 4) is 0 Å². The van der Waals surface area contributed by atoms with Crippen LogP contribution in [0.5, 0.6) is 0 Å². The molecular weight excluding hydrogens is 312 g/mol. The second-order valence-electron chi connectivity index (χ2n) is 6.43. The van der Waals surface area contributed by atoms with E-state index in [2.05, 4.69) is 53.1 Å². The molecule has 0 aliphatic carbocycles. The molecule has 5 nitrogen and oxygen atoms in total. The van der Waals surface area contributed by atoms with Crippen molar-refractivity contribution in [3.63, 3.8) is 0 Å². The van der Waals surface area contributed by atoms with Gasteiger partial charge in [-0.2, -0.15) is 0 Å². The van der Waals surface area contributed by atoms with E-state index in [1.807, 2.05) is 18.9 Å². The van der Waals surface area contributed by atoms with Crippen molar-refractivity contribution >= 4 is 17.8 Å². The van der Waals surface area contributed by atoms with Gasteiger partial charge in [0.25, 0.3) is 0 Å². The molecule has 0 radical (unpaired) electrons. The third-order valence-corrected chi connectivity index (χ3v) is 4.35. The maximum absolute atomic E-state index is 11.2. The number of unbranched alkanes of at least 4 members (excludes halogenated alkanes) is 1. The Kier molecular flexibility index (Phi) is 6.92. The summed E-state index contributed by atoms with van der Waals surface area (Å²) in [5, 5.41) is 0. The third-order valence-electron chi connectivity index (χ3n) is 4.35. The van der Waals surface area contributed by atoms with Crippen LogP contribution >= 0.6 is 0 Å². The zero-order valence-electron chi connectivity index (χ0n) is 15.7. The van der Waals surface area contributed by atoms with Crippen LogP contribution in [0.3, 0.4) is 0 Å². The third kappa shape index (κ3) is 5.28. The summed E-state index contributed by atoms with van der Waals surface area (Å²) >= 11 is 0. The molecule has 0 fully saturated rings. The van der Waals surface area contributed by atoms with E-state index in [1.165, 1.54) is 24.1 Å². The summed E-state index contributed by atoms with van der Waals surface area (Å²) in [6.45, 7) is 5.66. The van der Waals surface area contributed by atoms with E-state index in [9.17, 15) is 4.79 Å². The number of aromatic nitrogens is 2. The SMILES string of the molecule is CCCCc1cccc(N(C)CCN(C)c2nc(C)ncc2C=O)c1. The molecule has 134 valence electrons. The zero-order chi connectivity index (χ0) is 18.2. The second-order valence-corrected chi connectivity index (χ2v) is 6.43. The quantitative estimate of drug-likeness (QED) is 0.654. The summed E-state index contributed by atoms with van der Waals surface area (Å²) < 4.78 is 0. The molecule has 0 unspecified atom stereocenters. The molecule has 25 heavy (non-hydrogen) atoms. The van der Waals surface area contributed by atoms with Crippen LogP contribution in [0.15, 0.2) is 30.5 Å². The van der Waals surface area contributed by atoms with Crippen molar-refractivity contribution in [1.29, 1.82) is 0 Å². The van der Waals surface area contributed by atoms with E-state index in [4.69, 9.17) is 0 Å². The number of carbonyl (C=O) groups is 1. The second kappa shape index (κ2) is 9.16. The summed E-state index contributed by atoms with van der Waals surface area (Å²) in [7, 11) is 4.05. The Morgan fingerprint density at radius 2 is 1.92 bits per heavy atom. The predicted molar refractivity (Wildman–Crippen MR) is 104 cm³/mol. The molecule has 0 amide bonds. The lowest BCUT2D eigenvalue weighted by Crippen LogP contribution is -2.32. The molecule has 1 aromatic heterocycles. The Morgan fingerprint density at radius 1 is 1.16 bits per heavy atom. The van der Waals surface area contributed by atoms with Crippen LogP contribution in [-0.4, -0.2) is 43.4 Å². The maximum Gasteiger partial charge on any atom is 0.155 e. The molecule has 0 aliphatic rings. The Bertz CT molecular complexity index is 702. The van der Waals surface area contributed by atoms with Crippen LogP contribution in [0.2, 0.25) is 0 Å². The number of hydrogen-bond acceptors (Lipinski definition) is 5. The minimum Gasteiger partial charge on any atom is -0.373 e. The number of rotatable bonds is 9. The monoisotopic (exact) mass is 340 g/mol. The first kappa shape index (κ1) is 18.9.